The third-order valence-electron chi connectivity index (χ3n) is 1.95. The Morgan fingerprint density at radius 3 is 2.50 bits per heavy atom. The standard InChI is InChI=1S/C8H16N2/c1-7-9-5-8(2,3)6-10(7)4/h5-6H2,1-4H3. The smallest absolute Gasteiger partial charge is 0.0955 e. The number of hydrogen-bond donors (Lipinski definition) is 0. The second-order valence-electron chi connectivity index (χ2n) is 3.88. The molecule has 0 aromatic carbocycles. The van der Waals surface area contributed by atoms with Crippen LogP contribution in [0, 0.1) is 5.41 Å². The summed E-state index contributed by atoms with van der Waals surface area (Å²) in [6, 6.07) is 0. The minimum atomic E-state index is 0.369. The van der Waals surface area contributed by atoms with E-state index in [-0.39, 0.29) is 0 Å². The number of amidine groups is 1. The van der Waals surface area contributed by atoms with Gasteiger partial charge in [-0.1, -0.05) is 13.8 Å². The Kier molecular flexibility index (Phi) is 1.71. The second-order valence-corrected chi connectivity index (χ2v) is 3.88. The van der Waals surface area contributed by atoms with Crippen LogP contribution in [0.15, 0.2) is 4.99 Å². The van der Waals surface area contributed by atoms with Gasteiger partial charge in [-0.2, -0.15) is 0 Å². The van der Waals surface area contributed by atoms with E-state index in [1.807, 2.05) is 0 Å². The minimum absolute atomic E-state index is 0.369. The molecule has 0 aliphatic carbocycles. The lowest BCUT2D eigenvalue weighted by atomic mass is 9.92. The lowest BCUT2D eigenvalue weighted by molar-refractivity contribution is 0.265. The molecular weight excluding hydrogens is 124 g/mol. The summed E-state index contributed by atoms with van der Waals surface area (Å²) in [5.41, 5.74) is 0.369. The molecule has 0 aromatic rings. The number of nitrogens with zero attached hydrogens (tertiary/aromatic N) is 2. The predicted molar refractivity (Wildman–Crippen MR) is 44.4 cm³/mol. The van der Waals surface area contributed by atoms with E-state index in [1.165, 1.54) is 5.84 Å². The van der Waals surface area contributed by atoms with Crippen molar-refractivity contribution < 1.29 is 0 Å². The van der Waals surface area contributed by atoms with Crippen molar-refractivity contribution in [1.29, 1.82) is 0 Å². The zero-order valence-electron chi connectivity index (χ0n) is 7.31. The Bertz CT molecular complexity index is 159. The summed E-state index contributed by atoms with van der Waals surface area (Å²) in [6.07, 6.45) is 0. The Morgan fingerprint density at radius 2 is 2.10 bits per heavy atom. The van der Waals surface area contributed by atoms with E-state index in [0.717, 1.165) is 13.1 Å². The van der Waals surface area contributed by atoms with Crippen molar-refractivity contribution >= 4 is 5.84 Å². The molecule has 0 atom stereocenters. The SMILES string of the molecule is CC1=NCC(C)(C)CN1C. The molecule has 0 bridgehead atoms. The molecule has 0 unspecified atom stereocenters. The van der Waals surface area contributed by atoms with Crippen molar-refractivity contribution in [3.8, 4) is 0 Å². The summed E-state index contributed by atoms with van der Waals surface area (Å²) >= 11 is 0. The van der Waals surface area contributed by atoms with Crippen molar-refractivity contribution in [1.82, 2.24) is 4.90 Å². The van der Waals surface area contributed by atoms with Gasteiger partial charge in [0.2, 0.25) is 0 Å². The summed E-state index contributed by atoms with van der Waals surface area (Å²) in [4.78, 5) is 6.62. The third kappa shape index (κ3) is 1.49. The average Bonchev–Trinajstić information content (AvgIpc) is 1.79. The molecule has 10 heavy (non-hydrogen) atoms. The van der Waals surface area contributed by atoms with Gasteiger partial charge in [-0.05, 0) is 6.92 Å². The molecule has 1 rings (SSSR count). The van der Waals surface area contributed by atoms with Gasteiger partial charge in [0.25, 0.3) is 0 Å². The van der Waals surface area contributed by atoms with E-state index in [9.17, 15) is 0 Å². The van der Waals surface area contributed by atoms with E-state index in [2.05, 4.69) is 37.7 Å². The van der Waals surface area contributed by atoms with Crippen LogP contribution < -0.4 is 0 Å². The van der Waals surface area contributed by atoms with Crippen molar-refractivity contribution in [3.05, 3.63) is 0 Å². The van der Waals surface area contributed by atoms with Crippen LogP contribution in [0.5, 0.6) is 0 Å². The number of hydrogen-bond acceptors (Lipinski definition) is 2. The molecule has 0 saturated heterocycles. The molecule has 1 aliphatic rings. The van der Waals surface area contributed by atoms with Crippen LogP contribution in [0.3, 0.4) is 0 Å². The normalized spacial score (nSPS) is 24.4. The molecule has 0 aromatic heterocycles. The lowest BCUT2D eigenvalue weighted by Crippen LogP contribution is -2.40. The van der Waals surface area contributed by atoms with Crippen LogP contribution in [-0.4, -0.2) is 30.9 Å². The Balaban J connectivity index is 2.69. The summed E-state index contributed by atoms with van der Waals surface area (Å²) < 4.78 is 0. The van der Waals surface area contributed by atoms with Gasteiger partial charge >= 0.3 is 0 Å². The molecule has 2 nitrogen and oxygen atoms in total. The van der Waals surface area contributed by atoms with E-state index in [4.69, 9.17) is 0 Å². The van der Waals surface area contributed by atoms with Gasteiger partial charge in [0, 0.05) is 25.6 Å². The first-order valence-corrected chi connectivity index (χ1v) is 3.73. The molecule has 0 fully saturated rings. The highest BCUT2D eigenvalue weighted by Gasteiger charge is 2.23. The fourth-order valence-corrected chi connectivity index (χ4v) is 1.26. The third-order valence-corrected chi connectivity index (χ3v) is 1.95. The van der Waals surface area contributed by atoms with Gasteiger partial charge in [0.05, 0.1) is 5.84 Å². The maximum absolute atomic E-state index is 4.41. The van der Waals surface area contributed by atoms with E-state index >= 15 is 0 Å². The van der Waals surface area contributed by atoms with Gasteiger partial charge in [0.15, 0.2) is 0 Å². The van der Waals surface area contributed by atoms with Crippen LogP contribution in [0.1, 0.15) is 20.8 Å². The van der Waals surface area contributed by atoms with Gasteiger partial charge in [0.1, 0.15) is 0 Å². The fraction of sp³-hybridized carbons (Fsp3) is 0.875. The Morgan fingerprint density at radius 1 is 1.50 bits per heavy atom. The zero-order chi connectivity index (χ0) is 7.78. The van der Waals surface area contributed by atoms with Crippen molar-refractivity contribution in [2.24, 2.45) is 10.4 Å². The highest BCUT2D eigenvalue weighted by atomic mass is 15.2. The minimum Gasteiger partial charge on any atom is -0.363 e. The molecule has 1 heterocycles. The molecule has 0 N–H and O–H groups in total. The fourth-order valence-electron chi connectivity index (χ4n) is 1.26. The maximum Gasteiger partial charge on any atom is 0.0955 e. The highest BCUT2D eigenvalue weighted by molar-refractivity contribution is 5.80. The molecule has 1 aliphatic heterocycles. The first-order valence-electron chi connectivity index (χ1n) is 3.73. The molecule has 0 amide bonds. The maximum atomic E-state index is 4.41. The number of aliphatic imine (C=N–C) groups is 1. The van der Waals surface area contributed by atoms with Gasteiger partial charge in [-0.15, -0.1) is 0 Å². The predicted octanol–water partition coefficient (Wildman–Crippen LogP) is 1.38. The quantitative estimate of drug-likeness (QED) is 0.496. The molecule has 2 heteroatoms. The van der Waals surface area contributed by atoms with E-state index in [1.54, 1.807) is 0 Å². The molecule has 0 spiro atoms. The topological polar surface area (TPSA) is 15.6 Å². The van der Waals surface area contributed by atoms with Crippen molar-refractivity contribution in [2.75, 3.05) is 20.1 Å². The highest BCUT2D eigenvalue weighted by Crippen LogP contribution is 2.20. The first kappa shape index (κ1) is 7.58. The van der Waals surface area contributed by atoms with Gasteiger partial charge < -0.3 is 4.90 Å². The summed E-state index contributed by atoms with van der Waals surface area (Å²) in [7, 11) is 2.10. The van der Waals surface area contributed by atoms with Gasteiger partial charge in [-0.3, -0.25) is 4.99 Å². The Labute approximate surface area is 62.9 Å². The monoisotopic (exact) mass is 140 g/mol. The first-order chi connectivity index (χ1) is 4.51. The lowest BCUT2D eigenvalue weighted by Gasteiger charge is -2.34. The Hall–Kier alpha value is -0.530. The van der Waals surface area contributed by atoms with Crippen LogP contribution >= 0.6 is 0 Å². The number of rotatable bonds is 0. The van der Waals surface area contributed by atoms with Crippen LogP contribution in [0.2, 0.25) is 0 Å². The second kappa shape index (κ2) is 2.26. The van der Waals surface area contributed by atoms with Crippen LogP contribution in [0.4, 0.5) is 0 Å². The largest absolute Gasteiger partial charge is 0.363 e. The molecule has 58 valence electrons. The van der Waals surface area contributed by atoms with Gasteiger partial charge in [-0.25, -0.2) is 0 Å². The zero-order valence-corrected chi connectivity index (χ0v) is 7.31. The molecule has 0 saturated carbocycles. The summed E-state index contributed by atoms with van der Waals surface area (Å²) in [5.74, 6) is 1.17. The summed E-state index contributed by atoms with van der Waals surface area (Å²) in [6.45, 7) is 8.67. The summed E-state index contributed by atoms with van der Waals surface area (Å²) in [5, 5.41) is 0. The van der Waals surface area contributed by atoms with Crippen LogP contribution in [0.25, 0.3) is 0 Å². The average molecular weight is 140 g/mol. The van der Waals surface area contributed by atoms with Crippen LogP contribution in [-0.2, 0) is 0 Å². The van der Waals surface area contributed by atoms with Crippen molar-refractivity contribution in [2.45, 2.75) is 20.8 Å². The molecular formula is C8H16N2. The van der Waals surface area contributed by atoms with E-state index < -0.39 is 0 Å². The van der Waals surface area contributed by atoms with E-state index in [0.29, 0.717) is 5.41 Å². The van der Waals surface area contributed by atoms with Crippen molar-refractivity contribution in [3.63, 3.8) is 0 Å². The molecule has 0 radical (unpaired) electrons.